The van der Waals surface area contributed by atoms with Crippen LogP contribution in [-0.2, 0) is 6.54 Å². The Balaban J connectivity index is 1.55. The van der Waals surface area contributed by atoms with Crippen LogP contribution in [0.2, 0.25) is 0 Å². The van der Waals surface area contributed by atoms with E-state index in [1.807, 2.05) is 43.0 Å². The number of pyridine rings is 1. The van der Waals surface area contributed by atoms with Gasteiger partial charge in [0.2, 0.25) is 5.82 Å². The Morgan fingerprint density at radius 2 is 2.07 bits per heavy atom. The first-order valence-corrected chi connectivity index (χ1v) is 9.10. The topological polar surface area (TPSA) is 67.1 Å². The van der Waals surface area contributed by atoms with Crippen LogP contribution in [0.25, 0.3) is 0 Å². The van der Waals surface area contributed by atoms with Crippen LogP contribution in [0.3, 0.4) is 0 Å². The van der Waals surface area contributed by atoms with Crippen LogP contribution in [-0.4, -0.2) is 21.5 Å². The first-order valence-electron chi connectivity index (χ1n) is 9.10. The summed E-state index contributed by atoms with van der Waals surface area (Å²) < 4.78 is 20.9. The molecule has 4 rings (SSSR count). The lowest BCUT2D eigenvalue weighted by Gasteiger charge is -2.25. The predicted octanol–water partition coefficient (Wildman–Crippen LogP) is 4.17. The molecular formula is C20H22FN5O. The van der Waals surface area contributed by atoms with Gasteiger partial charge in [-0.05, 0) is 50.5 Å². The number of furan rings is 1. The van der Waals surface area contributed by atoms with Crippen molar-refractivity contribution in [3.05, 3.63) is 65.4 Å². The highest BCUT2D eigenvalue weighted by atomic mass is 19.1. The smallest absolute Gasteiger partial charge is 0.207 e. The lowest BCUT2D eigenvalue weighted by molar-refractivity contribution is 0.442. The van der Waals surface area contributed by atoms with Crippen LogP contribution in [0.1, 0.15) is 41.7 Å². The lowest BCUT2D eigenvalue weighted by atomic mass is 10.1. The molecule has 140 valence electrons. The molecule has 0 aromatic carbocycles. The Morgan fingerprint density at radius 3 is 2.81 bits per heavy atom. The monoisotopic (exact) mass is 367 g/mol. The predicted molar refractivity (Wildman–Crippen MR) is 101 cm³/mol. The van der Waals surface area contributed by atoms with E-state index >= 15 is 4.39 Å². The van der Waals surface area contributed by atoms with E-state index in [2.05, 4.69) is 20.3 Å². The second kappa shape index (κ2) is 7.34. The molecule has 3 aromatic rings. The third-order valence-electron chi connectivity index (χ3n) is 4.82. The van der Waals surface area contributed by atoms with E-state index in [0.29, 0.717) is 12.4 Å². The normalized spacial score (nSPS) is 16.7. The summed E-state index contributed by atoms with van der Waals surface area (Å²) in [6.45, 7) is 5.03. The van der Waals surface area contributed by atoms with Crippen molar-refractivity contribution in [2.24, 2.45) is 0 Å². The van der Waals surface area contributed by atoms with E-state index in [-0.39, 0.29) is 11.9 Å². The molecule has 6 nitrogen and oxygen atoms in total. The molecule has 0 saturated carbocycles. The van der Waals surface area contributed by atoms with Gasteiger partial charge < -0.3 is 14.6 Å². The maximum atomic E-state index is 15.1. The number of rotatable bonds is 5. The highest BCUT2D eigenvalue weighted by molar-refractivity contribution is 5.52. The molecule has 1 unspecified atom stereocenters. The Bertz CT molecular complexity index is 924. The second-order valence-electron chi connectivity index (χ2n) is 6.82. The van der Waals surface area contributed by atoms with Crippen molar-refractivity contribution in [1.29, 1.82) is 0 Å². The van der Waals surface area contributed by atoms with Gasteiger partial charge >= 0.3 is 0 Å². The minimum atomic E-state index is -0.437. The summed E-state index contributed by atoms with van der Waals surface area (Å²) in [6, 6.07) is 7.78. The van der Waals surface area contributed by atoms with Gasteiger partial charge in [0.25, 0.3) is 0 Å². The van der Waals surface area contributed by atoms with Crippen molar-refractivity contribution >= 4 is 11.6 Å². The molecule has 1 atom stereocenters. The highest BCUT2D eigenvalue weighted by Crippen LogP contribution is 2.37. The van der Waals surface area contributed by atoms with E-state index in [4.69, 9.17) is 4.42 Å². The molecule has 0 radical (unpaired) electrons. The van der Waals surface area contributed by atoms with Gasteiger partial charge in [-0.1, -0.05) is 6.07 Å². The van der Waals surface area contributed by atoms with E-state index in [0.717, 1.165) is 42.2 Å². The van der Waals surface area contributed by atoms with Crippen molar-refractivity contribution in [1.82, 2.24) is 15.0 Å². The Morgan fingerprint density at radius 1 is 1.19 bits per heavy atom. The summed E-state index contributed by atoms with van der Waals surface area (Å²) in [4.78, 5) is 14.5. The number of nitrogens with one attached hydrogen (secondary N) is 1. The summed E-state index contributed by atoms with van der Waals surface area (Å²) >= 11 is 0. The van der Waals surface area contributed by atoms with Crippen molar-refractivity contribution in [2.75, 3.05) is 16.8 Å². The van der Waals surface area contributed by atoms with Crippen molar-refractivity contribution < 1.29 is 8.81 Å². The van der Waals surface area contributed by atoms with Crippen LogP contribution < -0.4 is 10.2 Å². The second-order valence-corrected chi connectivity index (χ2v) is 6.82. The minimum Gasteiger partial charge on any atom is -0.464 e. The van der Waals surface area contributed by atoms with Gasteiger partial charge in [0.05, 0.1) is 6.04 Å². The quantitative estimate of drug-likeness (QED) is 0.730. The SMILES string of the molecule is Cc1ccc(CNc2ncnc(N3CCCC3c3ccc(C)o3)c2F)cn1. The minimum absolute atomic E-state index is 0.00255. The number of anilines is 2. The lowest BCUT2D eigenvalue weighted by Crippen LogP contribution is -2.25. The van der Waals surface area contributed by atoms with Gasteiger partial charge in [-0.2, -0.15) is 4.39 Å². The zero-order valence-electron chi connectivity index (χ0n) is 15.4. The number of nitrogens with zero attached hydrogens (tertiary/aromatic N) is 4. The molecule has 1 N–H and O–H groups in total. The molecule has 7 heteroatoms. The van der Waals surface area contributed by atoms with Gasteiger partial charge in [-0.25, -0.2) is 9.97 Å². The maximum absolute atomic E-state index is 15.1. The van der Waals surface area contributed by atoms with Crippen LogP contribution in [0.15, 0.2) is 41.2 Å². The van der Waals surface area contributed by atoms with Crippen molar-refractivity contribution in [2.45, 2.75) is 39.3 Å². The zero-order chi connectivity index (χ0) is 18.8. The van der Waals surface area contributed by atoms with Crippen LogP contribution in [0.5, 0.6) is 0 Å². The third-order valence-corrected chi connectivity index (χ3v) is 4.82. The Labute approximate surface area is 157 Å². The molecule has 1 aliphatic rings. The molecule has 0 aliphatic carbocycles. The van der Waals surface area contributed by atoms with Crippen LogP contribution >= 0.6 is 0 Å². The molecule has 4 heterocycles. The van der Waals surface area contributed by atoms with Crippen molar-refractivity contribution in [3.8, 4) is 0 Å². The summed E-state index contributed by atoms with van der Waals surface area (Å²) in [5.74, 6) is 1.78. The Kier molecular flexibility index (Phi) is 4.75. The standard InChI is InChI=1S/C20H22FN5O/c1-13-5-7-15(10-22-13)11-23-19-18(21)20(25-12-24-19)26-9-3-4-16(26)17-8-6-14(2)27-17/h5-8,10,12,16H,3-4,9,11H2,1-2H3,(H,23,24,25). The Hall–Kier alpha value is -2.96. The highest BCUT2D eigenvalue weighted by Gasteiger charge is 2.32. The molecule has 1 saturated heterocycles. The average molecular weight is 367 g/mol. The van der Waals surface area contributed by atoms with Gasteiger partial charge in [0, 0.05) is 25.0 Å². The van der Waals surface area contributed by atoms with Crippen LogP contribution in [0, 0.1) is 19.7 Å². The number of hydrogen-bond acceptors (Lipinski definition) is 6. The van der Waals surface area contributed by atoms with Gasteiger partial charge in [0.1, 0.15) is 17.8 Å². The summed E-state index contributed by atoms with van der Waals surface area (Å²) in [5, 5.41) is 3.06. The molecule has 0 bridgehead atoms. The number of hydrogen-bond donors (Lipinski definition) is 1. The molecule has 3 aromatic heterocycles. The first kappa shape index (κ1) is 17.5. The van der Waals surface area contributed by atoms with Gasteiger partial charge in [-0.15, -0.1) is 0 Å². The average Bonchev–Trinajstić information content (AvgIpc) is 3.31. The summed E-state index contributed by atoms with van der Waals surface area (Å²) in [6.07, 6.45) is 5.05. The fourth-order valence-corrected chi connectivity index (χ4v) is 3.42. The molecule has 27 heavy (non-hydrogen) atoms. The zero-order valence-corrected chi connectivity index (χ0v) is 15.4. The largest absolute Gasteiger partial charge is 0.464 e. The number of aromatic nitrogens is 3. The summed E-state index contributed by atoms with van der Waals surface area (Å²) in [5.41, 5.74) is 1.91. The molecule has 0 amide bonds. The maximum Gasteiger partial charge on any atom is 0.207 e. The fourth-order valence-electron chi connectivity index (χ4n) is 3.42. The van der Waals surface area contributed by atoms with Gasteiger partial charge in [0.15, 0.2) is 11.6 Å². The molecule has 1 aliphatic heterocycles. The summed E-state index contributed by atoms with van der Waals surface area (Å²) in [7, 11) is 0. The fraction of sp³-hybridized carbons (Fsp3) is 0.350. The molecule has 0 spiro atoms. The van der Waals surface area contributed by atoms with E-state index in [1.54, 1.807) is 6.20 Å². The van der Waals surface area contributed by atoms with Crippen molar-refractivity contribution in [3.63, 3.8) is 0 Å². The van der Waals surface area contributed by atoms with E-state index in [1.165, 1.54) is 6.33 Å². The molecule has 1 fully saturated rings. The number of aryl methyl sites for hydroxylation is 2. The van der Waals surface area contributed by atoms with E-state index in [9.17, 15) is 0 Å². The third kappa shape index (κ3) is 3.63. The number of halogens is 1. The first-order chi connectivity index (χ1) is 13.1. The van der Waals surface area contributed by atoms with Crippen LogP contribution in [0.4, 0.5) is 16.0 Å². The molecular weight excluding hydrogens is 345 g/mol. The van der Waals surface area contributed by atoms with E-state index < -0.39 is 5.82 Å². The van der Waals surface area contributed by atoms with Gasteiger partial charge in [-0.3, -0.25) is 4.98 Å².